The molecule has 0 unspecified atom stereocenters. The number of carbonyl (C=O) groups excluding carboxylic acids is 1. The molecule has 2 aliphatic heterocycles. The highest BCUT2D eigenvalue weighted by molar-refractivity contribution is 7.80. The van der Waals surface area contributed by atoms with Crippen molar-refractivity contribution in [2.24, 2.45) is 0 Å². The van der Waals surface area contributed by atoms with Gasteiger partial charge in [0.1, 0.15) is 0 Å². The molecule has 1 amide bonds. The summed E-state index contributed by atoms with van der Waals surface area (Å²) >= 11 is 11.2. The van der Waals surface area contributed by atoms with Crippen LogP contribution in [0, 0.1) is 0 Å². The van der Waals surface area contributed by atoms with Crippen LogP contribution >= 0.6 is 23.8 Å². The molecule has 0 bridgehead atoms. The molecular weight excluding hydrogens is 334 g/mol. The summed E-state index contributed by atoms with van der Waals surface area (Å²) in [6.07, 6.45) is 0. The Bertz CT molecular complexity index is 654. The average Bonchev–Trinajstić information content (AvgIpc) is 2.55. The van der Waals surface area contributed by atoms with Crippen molar-refractivity contribution in [2.45, 2.75) is 13.0 Å². The summed E-state index contributed by atoms with van der Waals surface area (Å²) in [5.74, 6) is 0.00764. The van der Waals surface area contributed by atoms with Crippen LogP contribution < -0.4 is 10.6 Å². The molecule has 1 fully saturated rings. The fourth-order valence-electron chi connectivity index (χ4n) is 2.82. The quantitative estimate of drug-likeness (QED) is 0.798. The summed E-state index contributed by atoms with van der Waals surface area (Å²) in [6.45, 7) is 4.23. The van der Waals surface area contributed by atoms with Gasteiger partial charge in [-0.25, -0.2) is 0 Å². The first-order chi connectivity index (χ1) is 11.1. The molecular formula is C16H18ClN3O2S. The normalized spacial score (nSPS) is 21.7. The van der Waals surface area contributed by atoms with Gasteiger partial charge in [0, 0.05) is 23.8 Å². The number of ether oxygens (including phenoxy) is 1. The number of morpholine rings is 1. The molecule has 0 spiro atoms. The first-order valence-electron chi connectivity index (χ1n) is 7.47. The highest BCUT2D eigenvalue weighted by Gasteiger charge is 2.32. The maximum Gasteiger partial charge on any atom is 0.254 e. The van der Waals surface area contributed by atoms with Crippen LogP contribution in [-0.4, -0.2) is 42.2 Å². The van der Waals surface area contributed by atoms with Crippen LogP contribution in [0.5, 0.6) is 0 Å². The summed E-state index contributed by atoms with van der Waals surface area (Å²) in [5.41, 5.74) is 2.42. The maximum atomic E-state index is 13.0. The second kappa shape index (κ2) is 6.86. The van der Waals surface area contributed by atoms with Gasteiger partial charge in [-0.05, 0) is 36.8 Å². The van der Waals surface area contributed by atoms with Gasteiger partial charge < -0.3 is 20.3 Å². The lowest BCUT2D eigenvalue weighted by molar-refractivity contribution is -0.131. The van der Waals surface area contributed by atoms with E-state index in [2.05, 4.69) is 10.6 Å². The molecule has 2 heterocycles. The van der Waals surface area contributed by atoms with Crippen molar-refractivity contribution >= 4 is 34.8 Å². The fraction of sp³-hybridized carbons (Fsp3) is 0.375. The fourth-order valence-corrected chi connectivity index (χ4v) is 3.22. The Morgan fingerprint density at radius 3 is 2.61 bits per heavy atom. The van der Waals surface area contributed by atoms with Crippen LogP contribution in [0.1, 0.15) is 18.5 Å². The summed E-state index contributed by atoms with van der Waals surface area (Å²) in [6, 6.07) is 7.17. The summed E-state index contributed by atoms with van der Waals surface area (Å²) < 4.78 is 5.33. The van der Waals surface area contributed by atoms with Gasteiger partial charge in [0.25, 0.3) is 5.91 Å². The number of halogens is 1. The van der Waals surface area contributed by atoms with Crippen LogP contribution in [0.3, 0.4) is 0 Å². The minimum atomic E-state index is -0.281. The number of benzene rings is 1. The Labute approximate surface area is 145 Å². The van der Waals surface area contributed by atoms with Crippen LogP contribution in [-0.2, 0) is 9.53 Å². The number of carbonyl (C=O) groups is 1. The molecule has 1 aromatic rings. The lowest BCUT2D eigenvalue weighted by Crippen LogP contribution is -2.49. The highest BCUT2D eigenvalue weighted by Crippen LogP contribution is 2.29. The zero-order valence-electron chi connectivity index (χ0n) is 12.8. The zero-order chi connectivity index (χ0) is 16.4. The van der Waals surface area contributed by atoms with E-state index in [9.17, 15) is 4.79 Å². The summed E-state index contributed by atoms with van der Waals surface area (Å²) in [4.78, 5) is 14.8. The molecule has 7 heteroatoms. The van der Waals surface area contributed by atoms with E-state index in [1.807, 2.05) is 36.1 Å². The van der Waals surface area contributed by atoms with Crippen molar-refractivity contribution in [1.82, 2.24) is 15.5 Å². The predicted octanol–water partition coefficient (Wildman–Crippen LogP) is 1.99. The molecule has 1 saturated heterocycles. The van der Waals surface area contributed by atoms with Crippen molar-refractivity contribution in [3.63, 3.8) is 0 Å². The molecule has 1 aromatic carbocycles. The van der Waals surface area contributed by atoms with Crippen LogP contribution in [0.4, 0.5) is 0 Å². The van der Waals surface area contributed by atoms with Gasteiger partial charge in [-0.2, -0.15) is 0 Å². The molecule has 0 aromatic heterocycles. The third-order valence-corrected chi connectivity index (χ3v) is 4.47. The van der Waals surface area contributed by atoms with Crippen molar-refractivity contribution < 1.29 is 9.53 Å². The van der Waals surface area contributed by atoms with Crippen molar-refractivity contribution in [3.05, 3.63) is 46.1 Å². The monoisotopic (exact) mass is 351 g/mol. The Balaban J connectivity index is 1.95. The van der Waals surface area contributed by atoms with Gasteiger partial charge in [-0.15, -0.1) is 0 Å². The molecule has 1 atom stereocenters. The number of amides is 1. The molecule has 122 valence electrons. The largest absolute Gasteiger partial charge is 0.378 e. The van der Waals surface area contributed by atoms with Gasteiger partial charge in [0.2, 0.25) is 0 Å². The third-order valence-electron chi connectivity index (χ3n) is 4.00. The molecule has 0 radical (unpaired) electrons. The van der Waals surface area contributed by atoms with E-state index in [1.54, 1.807) is 0 Å². The van der Waals surface area contributed by atoms with Crippen molar-refractivity contribution in [3.8, 4) is 0 Å². The van der Waals surface area contributed by atoms with E-state index < -0.39 is 0 Å². The molecule has 5 nitrogen and oxygen atoms in total. The van der Waals surface area contributed by atoms with E-state index in [4.69, 9.17) is 28.6 Å². The van der Waals surface area contributed by atoms with E-state index in [-0.39, 0.29) is 11.9 Å². The average molecular weight is 352 g/mol. The van der Waals surface area contributed by atoms with E-state index in [0.29, 0.717) is 42.0 Å². The Morgan fingerprint density at radius 1 is 1.30 bits per heavy atom. The van der Waals surface area contributed by atoms with E-state index in [0.717, 1.165) is 11.3 Å². The van der Waals surface area contributed by atoms with Crippen LogP contribution in [0.15, 0.2) is 35.5 Å². The van der Waals surface area contributed by atoms with Crippen LogP contribution in [0.2, 0.25) is 5.02 Å². The standard InChI is InChI=1S/C16H18ClN3O2S/c1-10-13(15(21)20-6-8-22-9-7-20)14(19-16(23)18-10)11-2-4-12(17)5-3-11/h2-5,14H,6-9H2,1H3,(H2,18,19,23)/t14-/m0/s1. The first-order valence-corrected chi connectivity index (χ1v) is 8.25. The minimum Gasteiger partial charge on any atom is -0.378 e. The Hall–Kier alpha value is -1.63. The summed E-state index contributed by atoms with van der Waals surface area (Å²) in [5, 5.41) is 7.42. The molecule has 2 aliphatic rings. The predicted molar refractivity (Wildman–Crippen MR) is 93.2 cm³/mol. The number of hydrogen-bond acceptors (Lipinski definition) is 3. The SMILES string of the molecule is CC1=C(C(=O)N2CCOCC2)[C@H](c2ccc(Cl)cc2)NC(=S)N1. The molecule has 23 heavy (non-hydrogen) atoms. The summed E-state index contributed by atoms with van der Waals surface area (Å²) in [7, 11) is 0. The van der Waals surface area contributed by atoms with E-state index in [1.165, 1.54) is 0 Å². The van der Waals surface area contributed by atoms with E-state index >= 15 is 0 Å². The number of nitrogens with zero attached hydrogens (tertiary/aromatic N) is 1. The number of allylic oxidation sites excluding steroid dienone is 1. The molecule has 3 rings (SSSR count). The molecule has 0 aliphatic carbocycles. The number of thiocarbonyl (C=S) groups is 1. The van der Waals surface area contributed by atoms with Crippen molar-refractivity contribution in [1.29, 1.82) is 0 Å². The van der Waals surface area contributed by atoms with Gasteiger partial charge in [-0.3, -0.25) is 4.79 Å². The number of rotatable bonds is 2. The van der Waals surface area contributed by atoms with Gasteiger partial charge in [-0.1, -0.05) is 23.7 Å². The lowest BCUT2D eigenvalue weighted by Gasteiger charge is -2.34. The maximum absolute atomic E-state index is 13.0. The number of hydrogen-bond donors (Lipinski definition) is 2. The van der Waals surface area contributed by atoms with Crippen molar-refractivity contribution in [2.75, 3.05) is 26.3 Å². The third kappa shape index (κ3) is 3.49. The Kier molecular flexibility index (Phi) is 4.84. The molecule has 0 saturated carbocycles. The molecule has 2 N–H and O–H groups in total. The first kappa shape index (κ1) is 16.2. The topological polar surface area (TPSA) is 53.6 Å². The second-order valence-electron chi connectivity index (χ2n) is 5.53. The van der Waals surface area contributed by atoms with Gasteiger partial charge in [0.15, 0.2) is 5.11 Å². The smallest absolute Gasteiger partial charge is 0.254 e. The van der Waals surface area contributed by atoms with Crippen LogP contribution in [0.25, 0.3) is 0 Å². The van der Waals surface area contributed by atoms with Gasteiger partial charge in [0.05, 0.1) is 24.8 Å². The second-order valence-corrected chi connectivity index (χ2v) is 6.37. The highest BCUT2D eigenvalue weighted by atomic mass is 35.5. The minimum absolute atomic E-state index is 0.00764. The number of nitrogens with one attached hydrogen (secondary N) is 2. The zero-order valence-corrected chi connectivity index (χ0v) is 14.3. The Morgan fingerprint density at radius 2 is 1.96 bits per heavy atom. The van der Waals surface area contributed by atoms with Gasteiger partial charge >= 0.3 is 0 Å². The lowest BCUT2D eigenvalue weighted by atomic mass is 9.94.